The summed E-state index contributed by atoms with van der Waals surface area (Å²) in [5.41, 5.74) is 4.47. The minimum atomic E-state index is -1.01. The first-order chi connectivity index (χ1) is 16.9. The summed E-state index contributed by atoms with van der Waals surface area (Å²) in [5.74, 6) is 1.23. The van der Waals surface area contributed by atoms with E-state index < -0.39 is 18.1 Å². The Balaban J connectivity index is 1.39. The van der Waals surface area contributed by atoms with E-state index in [4.69, 9.17) is 9.84 Å². The van der Waals surface area contributed by atoms with Crippen molar-refractivity contribution < 1.29 is 24.2 Å². The van der Waals surface area contributed by atoms with Crippen molar-refractivity contribution in [2.24, 2.45) is 5.92 Å². The van der Waals surface area contributed by atoms with Gasteiger partial charge in [-0.2, -0.15) is 11.8 Å². The predicted octanol–water partition coefficient (Wildman–Crippen LogP) is 4.36. The van der Waals surface area contributed by atoms with E-state index in [0.717, 1.165) is 46.6 Å². The lowest BCUT2D eigenvalue weighted by atomic mass is 9.98. The Morgan fingerprint density at radius 2 is 1.66 bits per heavy atom. The van der Waals surface area contributed by atoms with E-state index in [1.165, 1.54) is 0 Å². The third-order valence-corrected chi connectivity index (χ3v) is 7.88. The lowest BCUT2D eigenvalue weighted by Gasteiger charge is -2.29. The molecule has 0 radical (unpaired) electrons. The maximum Gasteiger partial charge on any atom is 0.407 e. The SMILES string of the molecule is CN(CC1CCSCC1)C(=O)C(CCC(=O)O)NC(=O)OCC1c2ccccc2-c2ccccc21. The molecular formula is C27H32N2O5S. The lowest BCUT2D eigenvalue weighted by molar-refractivity contribution is -0.138. The van der Waals surface area contributed by atoms with Gasteiger partial charge in [0.05, 0.1) is 0 Å². The molecular weight excluding hydrogens is 464 g/mol. The normalized spacial score (nSPS) is 16.1. The number of carboxylic acid groups (broad SMARTS) is 1. The highest BCUT2D eigenvalue weighted by molar-refractivity contribution is 7.99. The van der Waals surface area contributed by atoms with Gasteiger partial charge < -0.3 is 20.1 Å². The fourth-order valence-electron chi connectivity index (χ4n) is 4.98. The van der Waals surface area contributed by atoms with Gasteiger partial charge in [-0.25, -0.2) is 4.79 Å². The number of nitrogens with one attached hydrogen (secondary N) is 1. The van der Waals surface area contributed by atoms with Crippen molar-refractivity contribution >= 4 is 29.7 Å². The third-order valence-electron chi connectivity index (χ3n) is 6.83. The fraction of sp³-hybridized carbons (Fsp3) is 0.444. The number of carboxylic acids is 1. The van der Waals surface area contributed by atoms with Crippen molar-refractivity contribution in [1.82, 2.24) is 10.2 Å². The van der Waals surface area contributed by atoms with Crippen LogP contribution in [0.3, 0.4) is 0 Å². The zero-order valence-corrected chi connectivity index (χ0v) is 20.8. The van der Waals surface area contributed by atoms with Gasteiger partial charge in [-0.15, -0.1) is 0 Å². The van der Waals surface area contributed by atoms with E-state index in [9.17, 15) is 14.4 Å². The molecule has 1 aliphatic carbocycles. The van der Waals surface area contributed by atoms with Crippen molar-refractivity contribution in [2.75, 3.05) is 31.7 Å². The number of amides is 2. The molecule has 0 saturated carbocycles. The molecule has 1 aliphatic heterocycles. The second-order valence-corrected chi connectivity index (χ2v) is 10.5. The van der Waals surface area contributed by atoms with Crippen molar-refractivity contribution in [3.8, 4) is 11.1 Å². The van der Waals surface area contributed by atoms with E-state index in [-0.39, 0.29) is 31.3 Å². The molecule has 7 nitrogen and oxygen atoms in total. The summed E-state index contributed by atoms with van der Waals surface area (Å²) in [4.78, 5) is 38.6. The van der Waals surface area contributed by atoms with E-state index in [0.29, 0.717) is 12.5 Å². The number of hydrogen-bond donors (Lipinski definition) is 2. The average Bonchev–Trinajstić information content (AvgIpc) is 3.19. The molecule has 2 amide bonds. The largest absolute Gasteiger partial charge is 0.481 e. The first-order valence-electron chi connectivity index (χ1n) is 12.1. The third kappa shape index (κ3) is 6.17. The van der Waals surface area contributed by atoms with Gasteiger partial charge in [-0.3, -0.25) is 9.59 Å². The molecule has 1 unspecified atom stereocenters. The molecule has 4 rings (SSSR count). The van der Waals surface area contributed by atoms with E-state index in [1.807, 2.05) is 48.2 Å². The molecule has 0 spiro atoms. The van der Waals surface area contributed by atoms with Gasteiger partial charge >= 0.3 is 12.1 Å². The monoisotopic (exact) mass is 496 g/mol. The van der Waals surface area contributed by atoms with Crippen LogP contribution in [-0.2, 0) is 14.3 Å². The molecule has 2 aromatic rings. The maximum atomic E-state index is 13.1. The van der Waals surface area contributed by atoms with Gasteiger partial charge in [0.25, 0.3) is 0 Å². The lowest BCUT2D eigenvalue weighted by Crippen LogP contribution is -2.49. The molecule has 0 bridgehead atoms. The van der Waals surface area contributed by atoms with Crippen LogP contribution in [0.2, 0.25) is 0 Å². The zero-order chi connectivity index (χ0) is 24.8. The van der Waals surface area contributed by atoms with E-state index >= 15 is 0 Å². The molecule has 1 heterocycles. The summed E-state index contributed by atoms with van der Waals surface area (Å²) < 4.78 is 5.59. The number of ether oxygens (including phenoxy) is 1. The van der Waals surface area contributed by atoms with Gasteiger partial charge in [0.2, 0.25) is 5.91 Å². The first kappa shape index (κ1) is 25.1. The number of benzene rings is 2. The number of rotatable bonds is 9. The van der Waals surface area contributed by atoms with Gasteiger partial charge in [-0.1, -0.05) is 48.5 Å². The molecule has 2 aliphatic rings. The number of alkyl carbamates (subject to hydrolysis) is 1. The van der Waals surface area contributed by atoms with Crippen molar-refractivity contribution in [3.05, 3.63) is 59.7 Å². The number of carbonyl (C=O) groups excluding carboxylic acids is 2. The van der Waals surface area contributed by atoms with Crippen molar-refractivity contribution in [1.29, 1.82) is 0 Å². The zero-order valence-electron chi connectivity index (χ0n) is 19.9. The summed E-state index contributed by atoms with van der Waals surface area (Å²) >= 11 is 1.93. The first-order valence-corrected chi connectivity index (χ1v) is 13.3. The quantitative estimate of drug-likeness (QED) is 0.536. The summed E-state index contributed by atoms with van der Waals surface area (Å²) in [7, 11) is 1.72. The van der Waals surface area contributed by atoms with Crippen LogP contribution in [0.4, 0.5) is 4.79 Å². The van der Waals surface area contributed by atoms with Gasteiger partial charge in [-0.05, 0) is 58.9 Å². The Morgan fingerprint density at radius 1 is 1.06 bits per heavy atom. The van der Waals surface area contributed by atoms with E-state index in [1.54, 1.807) is 11.9 Å². The van der Waals surface area contributed by atoms with Crippen molar-refractivity contribution in [3.63, 3.8) is 0 Å². The summed E-state index contributed by atoms with van der Waals surface area (Å²) in [6.07, 6.45) is 1.21. The maximum absolute atomic E-state index is 13.1. The van der Waals surface area contributed by atoms with Gasteiger partial charge in [0.15, 0.2) is 0 Å². The summed E-state index contributed by atoms with van der Waals surface area (Å²) in [6.45, 7) is 0.741. The van der Waals surface area contributed by atoms with Gasteiger partial charge in [0, 0.05) is 25.9 Å². The smallest absolute Gasteiger partial charge is 0.407 e. The Kier molecular flexibility index (Phi) is 8.33. The van der Waals surface area contributed by atoms with Crippen LogP contribution >= 0.6 is 11.8 Å². The molecule has 8 heteroatoms. The highest BCUT2D eigenvalue weighted by atomic mass is 32.2. The second kappa shape index (κ2) is 11.6. The summed E-state index contributed by atoms with van der Waals surface area (Å²) in [5, 5.41) is 11.8. The number of likely N-dealkylation sites (N-methyl/N-ethyl adjacent to an activating group) is 1. The fourth-order valence-corrected chi connectivity index (χ4v) is 6.18. The highest BCUT2D eigenvalue weighted by Crippen LogP contribution is 2.44. The van der Waals surface area contributed by atoms with Crippen LogP contribution in [0, 0.1) is 5.92 Å². The Hall–Kier alpha value is -3.00. The van der Waals surface area contributed by atoms with Crippen LogP contribution < -0.4 is 5.32 Å². The number of nitrogens with zero attached hydrogens (tertiary/aromatic N) is 1. The average molecular weight is 497 g/mol. The minimum absolute atomic E-state index is 0.0171. The topological polar surface area (TPSA) is 95.9 Å². The molecule has 1 atom stereocenters. The molecule has 1 fully saturated rings. The number of thioether (sulfide) groups is 1. The molecule has 1 saturated heterocycles. The Bertz CT molecular complexity index is 1020. The van der Waals surface area contributed by atoms with Crippen LogP contribution in [-0.4, -0.2) is 65.7 Å². The molecule has 2 aromatic carbocycles. The number of carbonyl (C=O) groups is 3. The van der Waals surface area contributed by atoms with E-state index in [2.05, 4.69) is 17.4 Å². The van der Waals surface area contributed by atoms with Gasteiger partial charge in [0.1, 0.15) is 12.6 Å². The second-order valence-electron chi connectivity index (χ2n) is 9.23. The minimum Gasteiger partial charge on any atom is -0.481 e. The summed E-state index contributed by atoms with van der Waals surface area (Å²) in [6, 6.07) is 15.2. The standard InChI is InChI=1S/C27H32N2O5S/c1-29(16-18-12-14-35-15-13-18)26(32)24(10-11-25(30)31)28-27(33)34-17-23-21-8-4-2-6-19(21)20-7-3-5-9-22(20)23/h2-9,18,23-24H,10-17H2,1H3,(H,28,33)(H,30,31). The van der Waals surface area contributed by atoms with Crippen molar-refractivity contribution in [2.45, 2.75) is 37.6 Å². The Morgan fingerprint density at radius 3 is 2.26 bits per heavy atom. The Labute approximate surface area is 210 Å². The van der Waals surface area contributed by atoms with Crippen LogP contribution in [0.5, 0.6) is 0 Å². The highest BCUT2D eigenvalue weighted by Gasteiger charge is 2.31. The number of aliphatic carboxylic acids is 1. The predicted molar refractivity (Wildman–Crippen MR) is 137 cm³/mol. The molecule has 186 valence electrons. The van der Waals surface area contributed by atoms with Crippen LogP contribution in [0.15, 0.2) is 48.5 Å². The van der Waals surface area contributed by atoms with Crippen LogP contribution in [0.1, 0.15) is 42.7 Å². The molecule has 35 heavy (non-hydrogen) atoms. The molecule has 0 aromatic heterocycles. The number of hydrogen-bond acceptors (Lipinski definition) is 5. The van der Waals surface area contributed by atoms with Crippen LogP contribution in [0.25, 0.3) is 11.1 Å². The number of fused-ring (bicyclic) bond motifs is 3. The molecule has 2 N–H and O–H groups in total.